The average Bonchev–Trinajstić information content (AvgIpc) is 2.78. The van der Waals surface area contributed by atoms with Crippen LogP contribution in [0.4, 0.5) is 28.9 Å². The van der Waals surface area contributed by atoms with E-state index in [1.807, 2.05) is 4.90 Å². The first-order valence-corrected chi connectivity index (χ1v) is 12.6. The van der Waals surface area contributed by atoms with Crippen molar-refractivity contribution in [3.8, 4) is 0 Å². The molecule has 2 N–H and O–H groups in total. The van der Waals surface area contributed by atoms with Gasteiger partial charge in [0.05, 0.1) is 17.2 Å². The summed E-state index contributed by atoms with van der Waals surface area (Å²) in [5.41, 5.74) is 6.16. The van der Waals surface area contributed by atoms with E-state index in [4.69, 9.17) is 5.73 Å². The highest BCUT2D eigenvalue weighted by molar-refractivity contribution is 7.80. The lowest BCUT2D eigenvalue weighted by Gasteiger charge is -2.39. The molecule has 0 spiro atoms. The summed E-state index contributed by atoms with van der Waals surface area (Å²) in [6.07, 6.45) is -2.43. The van der Waals surface area contributed by atoms with Crippen molar-refractivity contribution in [2.75, 3.05) is 29.3 Å². The molecule has 1 fully saturated rings. The molecule has 1 aliphatic rings. The zero-order valence-corrected chi connectivity index (χ0v) is 21.2. The maximum Gasteiger partial charge on any atom is 0.416 e. The normalized spacial score (nSPS) is 17.5. The van der Waals surface area contributed by atoms with E-state index in [2.05, 4.69) is 13.8 Å². The Hall–Kier alpha value is -2.66. The van der Waals surface area contributed by atoms with Gasteiger partial charge in [-0.2, -0.15) is 13.2 Å². The molecule has 36 heavy (non-hydrogen) atoms. The third-order valence-corrected chi connectivity index (χ3v) is 7.50. The predicted molar refractivity (Wildman–Crippen MR) is 131 cm³/mol. The van der Waals surface area contributed by atoms with Crippen molar-refractivity contribution in [1.82, 2.24) is 0 Å². The predicted octanol–water partition coefficient (Wildman–Crippen LogP) is 4.90. The molecule has 11 heteroatoms. The van der Waals surface area contributed by atoms with Crippen LogP contribution < -0.4 is 14.9 Å². The third kappa shape index (κ3) is 6.56. The zero-order valence-electron chi connectivity index (χ0n) is 20.4. The van der Waals surface area contributed by atoms with E-state index in [1.54, 1.807) is 0 Å². The molecule has 0 saturated carbocycles. The van der Waals surface area contributed by atoms with Crippen LogP contribution in [0, 0.1) is 11.2 Å². The number of rotatable bonds is 8. The number of anilines is 2. The van der Waals surface area contributed by atoms with Crippen molar-refractivity contribution in [3.63, 3.8) is 0 Å². The van der Waals surface area contributed by atoms with Crippen LogP contribution in [-0.2, 0) is 28.7 Å². The summed E-state index contributed by atoms with van der Waals surface area (Å²) in [5.74, 6) is -2.46. The number of piperidine rings is 1. The fourth-order valence-electron chi connectivity index (χ4n) is 4.45. The molecular weight excluding hydrogens is 498 g/mol. The summed E-state index contributed by atoms with van der Waals surface area (Å²) in [6, 6.07) is 7.35. The molecule has 2 aromatic carbocycles. The van der Waals surface area contributed by atoms with E-state index >= 15 is 0 Å². The van der Waals surface area contributed by atoms with Crippen LogP contribution in [0.3, 0.4) is 0 Å². The van der Waals surface area contributed by atoms with E-state index in [0.29, 0.717) is 28.6 Å². The quantitative estimate of drug-likeness (QED) is 0.390. The number of aryl methyl sites for hydroxylation is 1. The molecule has 1 heterocycles. The largest absolute Gasteiger partial charge is 0.755 e. The van der Waals surface area contributed by atoms with E-state index in [-0.39, 0.29) is 29.5 Å². The number of hydrogen-bond donors (Lipinski definition) is 1. The van der Waals surface area contributed by atoms with Crippen molar-refractivity contribution in [1.29, 1.82) is 0 Å². The van der Waals surface area contributed by atoms with Gasteiger partial charge in [-0.3, -0.25) is 9.00 Å². The monoisotopic (exact) mass is 528 g/mol. The fraction of sp³-hybridized carbons (Fsp3) is 0.480. The van der Waals surface area contributed by atoms with Gasteiger partial charge >= 0.3 is 6.18 Å². The highest BCUT2D eigenvalue weighted by Gasteiger charge is 2.33. The van der Waals surface area contributed by atoms with Gasteiger partial charge in [0.1, 0.15) is 5.82 Å². The second-order valence-corrected chi connectivity index (χ2v) is 10.9. The number of benzene rings is 2. The summed E-state index contributed by atoms with van der Waals surface area (Å²) >= 11 is -2.68. The van der Waals surface area contributed by atoms with Gasteiger partial charge in [-0.05, 0) is 66.5 Å². The van der Waals surface area contributed by atoms with Gasteiger partial charge < -0.3 is 19.5 Å². The Balaban J connectivity index is 1.88. The maximum atomic E-state index is 14.6. The van der Waals surface area contributed by atoms with Crippen molar-refractivity contribution < 1.29 is 31.1 Å². The third-order valence-electron chi connectivity index (χ3n) is 6.85. The van der Waals surface area contributed by atoms with Crippen LogP contribution in [-0.4, -0.2) is 34.8 Å². The zero-order chi connectivity index (χ0) is 26.8. The van der Waals surface area contributed by atoms with Gasteiger partial charge in [0.25, 0.3) is 0 Å². The van der Waals surface area contributed by atoms with Crippen LogP contribution >= 0.6 is 0 Å². The maximum absolute atomic E-state index is 14.6. The second-order valence-electron chi connectivity index (χ2n) is 9.91. The number of carbonyl (C=O) groups excluding carboxylic acids is 1. The molecule has 0 radical (unpaired) electrons. The number of nitrogens with zero attached hydrogens (tertiary/aromatic N) is 2. The Kier molecular flexibility index (Phi) is 8.34. The van der Waals surface area contributed by atoms with Crippen LogP contribution in [0.25, 0.3) is 0 Å². The molecule has 1 amide bonds. The second kappa shape index (κ2) is 10.8. The number of amides is 1. The van der Waals surface area contributed by atoms with Gasteiger partial charge in [-0.1, -0.05) is 26.0 Å². The minimum Gasteiger partial charge on any atom is -0.755 e. The molecule has 2 unspecified atom stereocenters. The van der Waals surface area contributed by atoms with Gasteiger partial charge in [-0.15, -0.1) is 0 Å². The first-order valence-electron chi connectivity index (χ1n) is 11.6. The molecule has 3 rings (SSSR count). The van der Waals surface area contributed by atoms with Crippen molar-refractivity contribution in [2.45, 2.75) is 51.6 Å². The molecule has 0 aromatic heterocycles. The number of alkyl halides is 3. The van der Waals surface area contributed by atoms with Crippen LogP contribution in [0.5, 0.6) is 0 Å². The lowest BCUT2D eigenvalue weighted by molar-refractivity contribution is -0.137. The number of nitrogens with two attached hydrogens (primary N) is 1. The Labute approximate surface area is 210 Å². The van der Waals surface area contributed by atoms with Crippen molar-refractivity contribution in [2.24, 2.45) is 11.1 Å². The molecule has 198 valence electrons. The van der Waals surface area contributed by atoms with Gasteiger partial charge in [0.15, 0.2) is 0 Å². The standard InChI is InChI=1S/C25H31F4N3O3S/c1-24(2)10-12-32(13-11-24)22-15-18(25(27,28)29)7-4-16(22)5-8-19(23(30)33)17-6-9-21(20(26)14-17)31(3)36(34)35/h4,6-7,9,14-15,19H,5,8,10-13H2,1-3H3,(H2,30,33)(H,34,35)/p-1. The van der Waals surface area contributed by atoms with Gasteiger partial charge in [-0.25, -0.2) is 4.39 Å². The summed E-state index contributed by atoms with van der Waals surface area (Å²) in [5, 5.41) is 0. The summed E-state index contributed by atoms with van der Waals surface area (Å²) in [7, 11) is 1.18. The lowest BCUT2D eigenvalue weighted by Crippen LogP contribution is -2.38. The first kappa shape index (κ1) is 27.9. The number of hydrogen-bond acceptors (Lipinski definition) is 4. The average molecular weight is 529 g/mol. The highest BCUT2D eigenvalue weighted by atomic mass is 32.2. The van der Waals surface area contributed by atoms with Crippen molar-refractivity contribution >= 4 is 28.5 Å². The van der Waals surface area contributed by atoms with E-state index in [9.17, 15) is 31.1 Å². The fourth-order valence-corrected chi connectivity index (χ4v) is 4.76. The SMILES string of the molecule is CN(c1ccc(C(CCc2ccc(C(F)(F)F)cc2N2CCC(C)(C)CC2)C(N)=O)cc1F)S(=O)[O-]. The smallest absolute Gasteiger partial charge is 0.416 e. The van der Waals surface area contributed by atoms with Crippen LogP contribution in [0.1, 0.15) is 55.7 Å². The van der Waals surface area contributed by atoms with E-state index in [0.717, 1.165) is 31.0 Å². The molecule has 0 bridgehead atoms. The Morgan fingerprint density at radius 3 is 2.36 bits per heavy atom. The first-order chi connectivity index (χ1) is 16.7. The summed E-state index contributed by atoms with van der Waals surface area (Å²) in [6.45, 7) is 5.49. The van der Waals surface area contributed by atoms with E-state index < -0.39 is 40.6 Å². The molecule has 0 aliphatic carbocycles. The van der Waals surface area contributed by atoms with Gasteiger partial charge in [0, 0.05) is 37.1 Å². The van der Waals surface area contributed by atoms with Crippen LogP contribution in [0.2, 0.25) is 0 Å². The molecular formula is C25H30F4N3O3S-. The number of carbonyl (C=O) groups is 1. The lowest BCUT2D eigenvalue weighted by atomic mass is 9.82. The Bertz CT molecular complexity index is 1130. The highest BCUT2D eigenvalue weighted by Crippen LogP contribution is 2.38. The molecule has 2 aromatic rings. The molecule has 6 nitrogen and oxygen atoms in total. The minimum atomic E-state index is -4.49. The summed E-state index contributed by atoms with van der Waals surface area (Å²) < 4.78 is 77.9. The van der Waals surface area contributed by atoms with Gasteiger partial charge in [0.2, 0.25) is 5.91 Å². The molecule has 1 saturated heterocycles. The van der Waals surface area contributed by atoms with Crippen molar-refractivity contribution in [3.05, 3.63) is 58.9 Å². The molecule has 1 aliphatic heterocycles. The number of halogens is 4. The number of primary amides is 1. The van der Waals surface area contributed by atoms with Crippen LogP contribution in [0.15, 0.2) is 36.4 Å². The summed E-state index contributed by atoms with van der Waals surface area (Å²) in [4.78, 5) is 14.2. The minimum absolute atomic E-state index is 0.109. The Morgan fingerprint density at radius 1 is 1.19 bits per heavy atom. The molecule has 2 atom stereocenters. The van der Waals surface area contributed by atoms with E-state index in [1.165, 1.54) is 25.2 Å². The Morgan fingerprint density at radius 2 is 1.83 bits per heavy atom. The topological polar surface area (TPSA) is 89.7 Å².